The molecule has 132 valence electrons. The second-order valence-corrected chi connectivity index (χ2v) is 8.79. The molecule has 0 radical (unpaired) electrons. The predicted octanol–water partition coefficient (Wildman–Crippen LogP) is 0.917. The molecular formula is C17H24N2O4S. The number of ether oxygens (including phenoxy) is 1. The van der Waals surface area contributed by atoms with E-state index in [1.54, 1.807) is 0 Å². The lowest BCUT2D eigenvalue weighted by Crippen LogP contribution is -2.38. The van der Waals surface area contributed by atoms with Gasteiger partial charge in [-0.1, -0.05) is 18.2 Å². The number of carbonyl (C=O) groups is 1. The molecule has 6 nitrogen and oxygen atoms in total. The fourth-order valence-corrected chi connectivity index (χ4v) is 5.08. The summed E-state index contributed by atoms with van der Waals surface area (Å²) >= 11 is 0. The summed E-state index contributed by atoms with van der Waals surface area (Å²) in [5, 5.41) is 0. The van der Waals surface area contributed by atoms with Crippen LogP contribution in [0.2, 0.25) is 0 Å². The van der Waals surface area contributed by atoms with Gasteiger partial charge in [-0.05, 0) is 19.5 Å². The molecule has 1 aromatic rings. The average molecular weight is 352 g/mol. The van der Waals surface area contributed by atoms with Crippen LogP contribution in [-0.4, -0.2) is 68.4 Å². The van der Waals surface area contributed by atoms with Crippen molar-refractivity contribution in [1.82, 2.24) is 9.80 Å². The number of fused-ring (bicyclic) bond motifs is 1. The second kappa shape index (κ2) is 7.11. The van der Waals surface area contributed by atoms with Crippen molar-refractivity contribution in [2.45, 2.75) is 25.4 Å². The Hall–Kier alpha value is -1.60. The van der Waals surface area contributed by atoms with Gasteiger partial charge >= 0.3 is 0 Å². The van der Waals surface area contributed by atoms with E-state index in [0.29, 0.717) is 39.1 Å². The minimum atomic E-state index is -2.89. The molecule has 2 aliphatic heterocycles. The lowest BCUT2D eigenvalue weighted by Gasteiger charge is -2.25. The highest BCUT2D eigenvalue weighted by Gasteiger charge is 2.31. The zero-order valence-electron chi connectivity index (χ0n) is 14.0. The summed E-state index contributed by atoms with van der Waals surface area (Å²) in [5.41, 5.74) is 1.03. The van der Waals surface area contributed by atoms with Gasteiger partial charge in [0.2, 0.25) is 5.91 Å². The summed E-state index contributed by atoms with van der Waals surface area (Å²) in [6.07, 6.45) is 1.06. The maximum Gasteiger partial charge on any atom is 0.224 e. The molecule has 3 rings (SSSR count). The molecule has 1 saturated heterocycles. The molecule has 7 heteroatoms. The Labute approximate surface area is 143 Å². The minimum absolute atomic E-state index is 0.0380. The SMILES string of the molecule is CN(CCC(=O)N1CCOc2ccccc2C1)C1CCS(=O)(=O)C1. The van der Waals surface area contributed by atoms with Crippen molar-refractivity contribution >= 4 is 15.7 Å². The molecule has 0 bridgehead atoms. The standard InChI is InChI=1S/C17H24N2O4S/c1-18(15-7-11-24(21,22)13-15)8-6-17(20)19-9-10-23-16-5-3-2-4-14(16)12-19/h2-5,15H,6-13H2,1H3. The molecule has 0 aliphatic carbocycles. The molecule has 2 aliphatic rings. The Kier molecular flexibility index (Phi) is 5.10. The molecule has 2 heterocycles. The average Bonchev–Trinajstić information content (AvgIpc) is 2.80. The van der Waals surface area contributed by atoms with Gasteiger partial charge < -0.3 is 14.5 Å². The first-order valence-electron chi connectivity index (χ1n) is 8.34. The number of carbonyl (C=O) groups excluding carboxylic acids is 1. The van der Waals surface area contributed by atoms with Crippen LogP contribution in [0.4, 0.5) is 0 Å². The number of benzene rings is 1. The van der Waals surface area contributed by atoms with Gasteiger partial charge in [0, 0.05) is 31.1 Å². The molecule has 24 heavy (non-hydrogen) atoms. The maximum atomic E-state index is 12.5. The summed E-state index contributed by atoms with van der Waals surface area (Å²) in [4.78, 5) is 16.4. The summed E-state index contributed by atoms with van der Waals surface area (Å²) in [6, 6.07) is 7.83. The van der Waals surface area contributed by atoms with E-state index in [-0.39, 0.29) is 23.5 Å². The van der Waals surface area contributed by atoms with Gasteiger partial charge in [0.05, 0.1) is 18.1 Å². The van der Waals surface area contributed by atoms with Crippen LogP contribution < -0.4 is 4.74 Å². The molecule has 0 saturated carbocycles. The van der Waals surface area contributed by atoms with Crippen LogP contribution in [0.3, 0.4) is 0 Å². The number of amides is 1. The molecule has 1 aromatic carbocycles. The quantitative estimate of drug-likeness (QED) is 0.806. The van der Waals surface area contributed by atoms with Crippen molar-refractivity contribution in [3.63, 3.8) is 0 Å². The molecule has 0 aromatic heterocycles. The van der Waals surface area contributed by atoms with Gasteiger partial charge in [-0.15, -0.1) is 0 Å². The van der Waals surface area contributed by atoms with Crippen molar-refractivity contribution in [3.05, 3.63) is 29.8 Å². The fraction of sp³-hybridized carbons (Fsp3) is 0.588. The van der Waals surface area contributed by atoms with Gasteiger partial charge in [0.25, 0.3) is 0 Å². The number of nitrogens with zero attached hydrogens (tertiary/aromatic N) is 2. The van der Waals surface area contributed by atoms with E-state index in [4.69, 9.17) is 4.74 Å². The third kappa shape index (κ3) is 4.08. The number of para-hydroxylation sites is 1. The van der Waals surface area contributed by atoms with Crippen molar-refractivity contribution in [1.29, 1.82) is 0 Å². The number of rotatable bonds is 4. The normalized spacial score (nSPS) is 22.8. The Morgan fingerprint density at radius 2 is 2.17 bits per heavy atom. The summed E-state index contributed by atoms with van der Waals surface area (Å²) in [7, 11) is -0.989. The molecule has 1 unspecified atom stereocenters. The number of hydrogen-bond donors (Lipinski definition) is 0. The van der Waals surface area contributed by atoms with Crippen molar-refractivity contribution in [2.75, 3.05) is 38.2 Å². The summed E-state index contributed by atoms with van der Waals surface area (Å²) in [6.45, 7) is 2.23. The van der Waals surface area contributed by atoms with Crippen LogP contribution in [-0.2, 0) is 21.2 Å². The van der Waals surface area contributed by atoms with Gasteiger partial charge in [0.15, 0.2) is 9.84 Å². The topological polar surface area (TPSA) is 66.9 Å². The predicted molar refractivity (Wildman–Crippen MR) is 91.7 cm³/mol. The Bertz CT molecular complexity index is 704. The molecule has 1 amide bonds. The van der Waals surface area contributed by atoms with E-state index in [9.17, 15) is 13.2 Å². The number of hydrogen-bond acceptors (Lipinski definition) is 5. The van der Waals surface area contributed by atoms with Crippen LogP contribution in [0.1, 0.15) is 18.4 Å². The highest BCUT2D eigenvalue weighted by atomic mass is 32.2. The van der Waals surface area contributed by atoms with Gasteiger partial charge in [-0.25, -0.2) is 8.42 Å². The van der Waals surface area contributed by atoms with Crippen LogP contribution in [0.5, 0.6) is 5.75 Å². The lowest BCUT2D eigenvalue weighted by atomic mass is 10.2. The Morgan fingerprint density at radius 1 is 1.38 bits per heavy atom. The van der Waals surface area contributed by atoms with Gasteiger partial charge in [-0.3, -0.25) is 4.79 Å². The van der Waals surface area contributed by atoms with Crippen LogP contribution >= 0.6 is 0 Å². The molecule has 0 spiro atoms. The van der Waals surface area contributed by atoms with Crippen molar-refractivity contribution < 1.29 is 17.9 Å². The maximum absolute atomic E-state index is 12.5. The zero-order chi connectivity index (χ0) is 17.2. The summed E-state index contributed by atoms with van der Waals surface area (Å²) in [5.74, 6) is 1.41. The highest BCUT2D eigenvalue weighted by molar-refractivity contribution is 7.91. The summed E-state index contributed by atoms with van der Waals surface area (Å²) < 4.78 is 28.8. The smallest absolute Gasteiger partial charge is 0.224 e. The minimum Gasteiger partial charge on any atom is -0.491 e. The Balaban J connectivity index is 1.54. The number of sulfone groups is 1. The van der Waals surface area contributed by atoms with E-state index < -0.39 is 9.84 Å². The molecule has 1 fully saturated rings. The van der Waals surface area contributed by atoms with Crippen molar-refractivity contribution in [2.24, 2.45) is 0 Å². The first-order chi connectivity index (χ1) is 11.4. The highest BCUT2D eigenvalue weighted by Crippen LogP contribution is 2.23. The molecule has 0 N–H and O–H groups in total. The third-order valence-electron chi connectivity index (χ3n) is 4.82. The first-order valence-corrected chi connectivity index (χ1v) is 10.2. The third-order valence-corrected chi connectivity index (χ3v) is 6.57. The fourth-order valence-electron chi connectivity index (χ4n) is 3.27. The lowest BCUT2D eigenvalue weighted by molar-refractivity contribution is -0.132. The van der Waals surface area contributed by atoms with E-state index in [1.165, 1.54) is 0 Å². The largest absolute Gasteiger partial charge is 0.491 e. The first kappa shape index (κ1) is 17.2. The van der Waals surface area contributed by atoms with Gasteiger partial charge in [0.1, 0.15) is 12.4 Å². The zero-order valence-corrected chi connectivity index (χ0v) is 14.8. The van der Waals surface area contributed by atoms with E-state index >= 15 is 0 Å². The van der Waals surface area contributed by atoms with Crippen LogP contribution in [0.15, 0.2) is 24.3 Å². The van der Waals surface area contributed by atoms with E-state index in [0.717, 1.165) is 11.3 Å². The monoisotopic (exact) mass is 352 g/mol. The van der Waals surface area contributed by atoms with Crippen molar-refractivity contribution in [3.8, 4) is 5.75 Å². The van der Waals surface area contributed by atoms with Crippen LogP contribution in [0.25, 0.3) is 0 Å². The van der Waals surface area contributed by atoms with Gasteiger partial charge in [-0.2, -0.15) is 0 Å². The van der Waals surface area contributed by atoms with Crippen LogP contribution in [0, 0.1) is 0 Å². The molecular weight excluding hydrogens is 328 g/mol. The molecule has 1 atom stereocenters. The van der Waals surface area contributed by atoms with E-state index in [1.807, 2.05) is 41.1 Å². The Morgan fingerprint density at radius 3 is 2.92 bits per heavy atom. The second-order valence-electron chi connectivity index (χ2n) is 6.56. The van der Waals surface area contributed by atoms with E-state index in [2.05, 4.69) is 0 Å².